The van der Waals surface area contributed by atoms with E-state index in [2.05, 4.69) is 41.2 Å². The summed E-state index contributed by atoms with van der Waals surface area (Å²) in [5, 5.41) is 11.5. The van der Waals surface area contributed by atoms with Gasteiger partial charge in [0.25, 0.3) is 0 Å². The van der Waals surface area contributed by atoms with Gasteiger partial charge in [0.2, 0.25) is 0 Å². The fourth-order valence-electron chi connectivity index (χ4n) is 2.94. The second-order valence-electron chi connectivity index (χ2n) is 5.59. The molecule has 0 amide bonds. The monoisotopic (exact) mass is 329 g/mol. The van der Waals surface area contributed by atoms with E-state index < -0.39 is 0 Å². The molecule has 24 heavy (non-hydrogen) atoms. The summed E-state index contributed by atoms with van der Waals surface area (Å²) in [6.07, 6.45) is 4.87. The van der Waals surface area contributed by atoms with Gasteiger partial charge in [-0.15, -0.1) is 11.3 Å². The second-order valence-corrected chi connectivity index (χ2v) is 6.62. The Morgan fingerprint density at radius 3 is 2.92 bits per heavy atom. The quantitative estimate of drug-likeness (QED) is 0.511. The lowest BCUT2D eigenvalue weighted by molar-refractivity contribution is 1.15. The maximum absolute atomic E-state index is 9.61. The Bertz CT molecular complexity index is 1080. The first-order valence-electron chi connectivity index (χ1n) is 7.87. The summed E-state index contributed by atoms with van der Waals surface area (Å²) < 4.78 is 1.10. The molecule has 1 N–H and O–H groups in total. The van der Waals surface area contributed by atoms with E-state index in [0.29, 0.717) is 5.57 Å². The number of para-hydroxylation sites is 2. The molecule has 2 heterocycles. The van der Waals surface area contributed by atoms with E-state index in [-0.39, 0.29) is 0 Å². The van der Waals surface area contributed by atoms with Crippen LogP contribution in [0.25, 0.3) is 32.8 Å². The van der Waals surface area contributed by atoms with Crippen LogP contribution in [-0.4, -0.2) is 9.97 Å². The Kier molecular flexibility index (Phi) is 3.64. The molecule has 0 saturated heterocycles. The lowest BCUT2D eigenvalue weighted by Gasteiger charge is -1.99. The number of allylic oxidation sites excluding steroid dienone is 1. The Morgan fingerprint density at radius 2 is 2.12 bits per heavy atom. The number of benzene rings is 2. The Balaban J connectivity index is 1.85. The summed E-state index contributed by atoms with van der Waals surface area (Å²) >= 11 is 1.55. The second kappa shape index (κ2) is 5.95. The molecule has 0 spiro atoms. The highest BCUT2D eigenvalue weighted by Crippen LogP contribution is 2.30. The van der Waals surface area contributed by atoms with Gasteiger partial charge in [0, 0.05) is 22.7 Å². The van der Waals surface area contributed by atoms with Crippen LogP contribution in [0.4, 0.5) is 0 Å². The first kappa shape index (κ1) is 14.7. The highest BCUT2D eigenvalue weighted by molar-refractivity contribution is 7.19. The van der Waals surface area contributed by atoms with Crippen LogP contribution < -0.4 is 0 Å². The molecule has 0 saturated carbocycles. The van der Waals surface area contributed by atoms with E-state index in [0.717, 1.165) is 38.1 Å². The van der Waals surface area contributed by atoms with Gasteiger partial charge in [0.1, 0.15) is 11.1 Å². The zero-order valence-electron chi connectivity index (χ0n) is 13.2. The summed E-state index contributed by atoms with van der Waals surface area (Å²) in [6, 6.07) is 16.6. The number of nitrogens with zero attached hydrogens (tertiary/aromatic N) is 2. The molecule has 2 aromatic heterocycles. The number of aromatic amines is 1. The van der Waals surface area contributed by atoms with E-state index in [1.807, 2.05) is 36.5 Å². The third-order valence-corrected chi connectivity index (χ3v) is 5.23. The van der Waals surface area contributed by atoms with Crippen LogP contribution in [0.15, 0.2) is 48.7 Å². The molecule has 4 aromatic rings. The standard InChI is InChI=1S/C20H15N3S/c1-2-13-6-5-7-16-15(12-22-19(13)16)10-14(11-21)20-23-17-8-3-4-9-18(17)24-20/h3-10,12,22H,2H2,1H3/b14-10+. The molecule has 0 unspecified atom stereocenters. The molecule has 0 fully saturated rings. The number of hydrogen-bond acceptors (Lipinski definition) is 3. The zero-order valence-corrected chi connectivity index (χ0v) is 14.0. The van der Waals surface area contributed by atoms with Crippen molar-refractivity contribution in [1.29, 1.82) is 5.26 Å². The minimum atomic E-state index is 0.596. The van der Waals surface area contributed by atoms with E-state index in [4.69, 9.17) is 0 Å². The first-order valence-corrected chi connectivity index (χ1v) is 8.68. The molecule has 0 aliphatic carbocycles. The summed E-state index contributed by atoms with van der Waals surface area (Å²) in [7, 11) is 0. The van der Waals surface area contributed by atoms with Crippen LogP contribution in [0.2, 0.25) is 0 Å². The molecule has 4 heteroatoms. The molecule has 0 aliphatic rings. The molecule has 3 nitrogen and oxygen atoms in total. The molecule has 0 bridgehead atoms. The SMILES string of the molecule is CCc1cccc2c(/C=C(\C#N)c3nc4ccccc4s3)c[nH]c12. The van der Waals surface area contributed by atoms with Crippen molar-refractivity contribution >= 4 is 44.1 Å². The number of fused-ring (bicyclic) bond motifs is 2. The van der Waals surface area contributed by atoms with Gasteiger partial charge in [-0.05, 0) is 30.2 Å². The van der Waals surface area contributed by atoms with Gasteiger partial charge in [-0.3, -0.25) is 0 Å². The third-order valence-electron chi connectivity index (χ3n) is 4.16. The van der Waals surface area contributed by atoms with Gasteiger partial charge in [-0.2, -0.15) is 5.26 Å². The number of nitrogens with one attached hydrogen (secondary N) is 1. The number of nitriles is 1. The Labute approximate surface area is 143 Å². The maximum Gasteiger partial charge on any atom is 0.135 e. The minimum absolute atomic E-state index is 0.596. The van der Waals surface area contributed by atoms with Gasteiger partial charge in [0.05, 0.1) is 15.8 Å². The Morgan fingerprint density at radius 1 is 1.25 bits per heavy atom. The predicted octanol–water partition coefficient (Wildman–Crippen LogP) is 5.40. The average Bonchev–Trinajstić information content (AvgIpc) is 3.23. The van der Waals surface area contributed by atoms with Crippen molar-refractivity contribution in [2.24, 2.45) is 0 Å². The molecule has 0 radical (unpaired) electrons. The summed E-state index contributed by atoms with van der Waals surface area (Å²) in [5.74, 6) is 0. The van der Waals surface area contributed by atoms with Crippen molar-refractivity contribution in [2.45, 2.75) is 13.3 Å². The molecular formula is C20H15N3S. The van der Waals surface area contributed by atoms with Crippen LogP contribution >= 0.6 is 11.3 Å². The number of aromatic nitrogens is 2. The van der Waals surface area contributed by atoms with E-state index in [1.54, 1.807) is 11.3 Å². The normalized spacial score (nSPS) is 11.9. The van der Waals surface area contributed by atoms with Gasteiger partial charge in [0.15, 0.2) is 0 Å². The van der Waals surface area contributed by atoms with Crippen LogP contribution in [0.5, 0.6) is 0 Å². The van der Waals surface area contributed by atoms with Gasteiger partial charge in [-0.25, -0.2) is 4.98 Å². The lowest BCUT2D eigenvalue weighted by Crippen LogP contribution is -1.82. The van der Waals surface area contributed by atoms with Gasteiger partial charge < -0.3 is 4.98 Å². The molecule has 2 aromatic carbocycles. The highest BCUT2D eigenvalue weighted by atomic mass is 32.1. The van der Waals surface area contributed by atoms with E-state index >= 15 is 0 Å². The highest BCUT2D eigenvalue weighted by Gasteiger charge is 2.11. The van der Waals surface area contributed by atoms with Crippen molar-refractivity contribution in [3.8, 4) is 6.07 Å². The zero-order chi connectivity index (χ0) is 16.5. The first-order chi connectivity index (χ1) is 11.8. The van der Waals surface area contributed by atoms with Crippen molar-refractivity contribution in [3.63, 3.8) is 0 Å². The third kappa shape index (κ3) is 2.40. The maximum atomic E-state index is 9.61. The molecular weight excluding hydrogens is 314 g/mol. The average molecular weight is 329 g/mol. The number of aryl methyl sites for hydroxylation is 1. The van der Waals surface area contributed by atoms with Gasteiger partial charge in [-0.1, -0.05) is 37.3 Å². The van der Waals surface area contributed by atoms with E-state index in [9.17, 15) is 5.26 Å². The summed E-state index contributed by atoms with van der Waals surface area (Å²) in [4.78, 5) is 7.94. The van der Waals surface area contributed by atoms with Crippen LogP contribution in [-0.2, 0) is 6.42 Å². The molecule has 116 valence electrons. The number of thiazole rings is 1. The van der Waals surface area contributed by atoms with E-state index in [1.165, 1.54) is 5.56 Å². The minimum Gasteiger partial charge on any atom is -0.360 e. The largest absolute Gasteiger partial charge is 0.360 e. The number of H-pyrrole nitrogens is 1. The molecule has 4 rings (SSSR count). The fraction of sp³-hybridized carbons (Fsp3) is 0.100. The van der Waals surface area contributed by atoms with Crippen LogP contribution in [0.3, 0.4) is 0 Å². The number of hydrogen-bond donors (Lipinski definition) is 1. The summed E-state index contributed by atoms with van der Waals surface area (Å²) in [5.41, 5.74) is 4.99. The summed E-state index contributed by atoms with van der Waals surface area (Å²) in [6.45, 7) is 2.15. The van der Waals surface area contributed by atoms with Crippen molar-refractivity contribution in [1.82, 2.24) is 9.97 Å². The van der Waals surface area contributed by atoms with Gasteiger partial charge >= 0.3 is 0 Å². The molecule has 0 aliphatic heterocycles. The number of rotatable bonds is 3. The predicted molar refractivity (Wildman–Crippen MR) is 101 cm³/mol. The van der Waals surface area contributed by atoms with Crippen LogP contribution in [0.1, 0.15) is 23.1 Å². The van der Waals surface area contributed by atoms with Crippen molar-refractivity contribution < 1.29 is 0 Å². The van der Waals surface area contributed by atoms with Crippen LogP contribution in [0, 0.1) is 11.3 Å². The Hall–Kier alpha value is -2.90. The fourth-order valence-corrected chi connectivity index (χ4v) is 3.87. The molecule has 0 atom stereocenters. The van der Waals surface area contributed by atoms with Crippen molar-refractivity contribution in [3.05, 3.63) is 64.8 Å². The topological polar surface area (TPSA) is 52.5 Å². The van der Waals surface area contributed by atoms with Crippen molar-refractivity contribution in [2.75, 3.05) is 0 Å². The smallest absolute Gasteiger partial charge is 0.135 e. The lowest BCUT2D eigenvalue weighted by atomic mass is 10.1.